The summed E-state index contributed by atoms with van der Waals surface area (Å²) in [6.07, 6.45) is 2.62. The summed E-state index contributed by atoms with van der Waals surface area (Å²) in [4.78, 5) is 18.7. The number of Topliss-reactive ketones (excluding diaryl/α,β-unsaturated/α-hetero) is 1. The quantitative estimate of drug-likeness (QED) is 0.650. The summed E-state index contributed by atoms with van der Waals surface area (Å²) >= 11 is 0. The first-order valence-corrected chi connectivity index (χ1v) is 4.54. The topological polar surface area (TPSA) is 57.8 Å². The fourth-order valence-electron chi connectivity index (χ4n) is 1.61. The van der Waals surface area contributed by atoms with Crippen LogP contribution < -0.4 is 5.32 Å². The highest BCUT2D eigenvalue weighted by molar-refractivity contribution is 5.94. The lowest BCUT2D eigenvalue weighted by Crippen LogP contribution is -2.18. The molecule has 0 aliphatic carbocycles. The maximum absolute atomic E-state index is 11.7. The molecule has 0 spiro atoms. The molecule has 70 valence electrons. The van der Waals surface area contributed by atoms with Crippen molar-refractivity contribution >= 4 is 5.78 Å². The molecule has 2 rings (SSSR count). The highest BCUT2D eigenvalue weighted by Crippen LogP contribution is 2.12. The van der Waals surface area contributed by atoms with Gasteiger partial charge in [-0.3, -0.25) is 4.79 Å². The van der Waals surface area contributed by atoms with Crippen molar-refractivity contribution in [3.05, 3.63) is 17.7 Å². The SMILES string of the molecule is Cc1cnc(C(=O)C2CCNC2)[nH]1. The third kappa shape index (κ3) is 1.62. The Morgan fingerprint density at radius 1 is 1.69 bits per heavy atom. The summed E-state index contributed by atoms with van der Waals surface area (Å²) in [5.41, 5.74) is 0.939. The molecular formula is C9H13N3O. The van der Waals surface area contributed by atoms with Gasteiger partial charge in [0.1, 0.15) is 0 Å². The van der Waals surface area contributed by atoms with E-state index in [1.54, 1.807) is 6.20 Å². The van der Waals surface area contributed by atoms with Gasteiger partial charge in [-0.15, -0.1) is 0 Å². The maximum Gasteiger partial charge on any atom is 0.202 e. The lowest BCUT2D eigenvalue weighted by molar-refractivity contribution is 0.0920. The highest BCUT2D eigenvalue weighted by atomic mass is 16.1. The zero-order valence-electron chi connectivity index (χ0n) is 7.63. The van der Waals surface area contributed by atoms with Gasteiger partial charge in [0.25, 0.3) is 0 Å². The van der Waals surface area contributed by atoms with Gasteiger partial charge in [0.15, 0.2) is 5.82 Å². The number of carbonyl (C=O) groups is 1. The average molecular weight is 179 g/mol. The molecule has 0 saturated carbocycles. The molecule has 1 saturated heterocycles. The van der Waals surface area contributed by atoms with Gasteiger partial charge >= 0.3 is 0 Å². The minimum absolute atomic E-state index is 0.116. The molecule has 2 N–H and O–H groups in total. The van der Waals surface area contributed by atoms with Crippen LogP contribution in [0, 0.1) is 12.8 Å². The summed E-state index contributed by atoms with van der Waals surface area (Å²) in [5.74, 6) is 0.759. The van der Waals surface area contributed by atoms with E-state index in [0.29, 0.717) is 5.82 Å². The molecular weight excluding hydrogens is 166 g/mol. The number of hydrogen-bond donors (Lipinski definition) is 2. The summed E-state index contributed by atoms with van der Waals surface area (Å²) in [5, 5.41) is 3.17. The first kappa shape index (κ1) is 8.44. The van der Waals surface area contributed by atoms with Crippen molar-refractivity contribution in [3.8, 4) is 0 Å². The van der Waals surface area contributed by atoms with E-state index in [2.05, 4.69) is 15.3 Å². The standard InChI is InChI=1S/C9H13N3O/c1-6-4-11-9(12-6)8(13)7-2-3-10-5-7/h4,7,10H,2-3,5H2,1H3,(H,11,12). The van der Waals surface area contributed by atoms with Crippen LogP contribution in [-0.4, -0.2) is 28.8 Å². The van der Waals surface area contributed by atoms with Crippen molar-refractivity contribution in [3.63, 3.8) is 0 Å². The number of aromatic nitrogens is 2. The lowest BCUT2D eigenvalue weighted by atomic mass is 10.0. The van der Waals surface area contributed by atoms with Crippen LogP contribution in [0.4, 0.5) is 0 Å². The van der Waals surface area contributed by atoms with Crippen LogP contribution in [0.15, 0.2) is 6.20 Å². The van der Waals surface area contributed by atoms with E-state index in [-0.39, 0.29) is 11.7 Å². The van der Waals surface area contributed by atoms with E-state index >= 15 is 0 Å². The van der Waals surface area contributed by atoms with Crippen molar-refractivity contribution in [1.29, 1.82) is 0 Å². The summed E-state index contributed by atoms with van der Waals surface area (Å²) in [7, 11) is 0. The molecule has 4 nitrogen and oxygen atoms in total. The molecule has 1 aromatic heterocycles. The lowest BCUT2D eigenvalue weighted by Gasteiger charge is -2.02. The van der Waals surface area contributed by atoms with Gasteiger partial charge in [0, 0.05) is 24.4 Å². The summed E-state index contributed by atoms with van der Waals surface area (Å²) in [6, 6.07) is 0. The van der Waals surface area contributed by atoms with Crippen molar-refractivity contribution in [2.45, 2.75) is 13.3 Å². The third-order valence-corrected chi connectivity index (χ3v) is 2.37. The second-order valence-electron chi connectivity index (χ2n) is 3.47. The van der Waals surface area contributed by atoms with Crippen LogP contribution in [0.5, 0.6) is 0 Å². The van der Waals surface area contributed by atoms with Crippen molar-refractivity contribution < 1.29 is 4.79 Å². The Morgan fingerprint density at radius 2 is 2.54 bits per heavy atom. The molecule has 0 bridgehead atoms. The van der Waals surface area contributed by atoms with Gasteiger partial charge in [0.05, 0.1) is 0 Å². The molecule has 4 heteroatoms. The van der Waals surface area contributed by atoms with Crippen molar-refractivity contribution in [2.24, 2.45) is 5.92 Å². The fraction of sp³-hybridized carbons (Fsp3) is 0.556. The predicted octanol–water partition coefficient (Wildman–Crippen LogP) is 0.510. The zero-order valence-corrected chi connectivity index (χ0v) is 7.63. The van der Waals surface area contributed by atoms with E-state index in [9.17, 15) is 4.79 Å². The monoisotopic (exact) mass is 179 g/mol. The number of nitrogens with one attached hydrogen (secondary N) is 2. The third-order valence-electron chi connectivity index (χ3n) is 2.37. The molecule has 0 amide bonds. The molecule has 2 heterocycles. The van der Waals surface area contributed by atoms with Gasteiger partial charge in [-0.1, -0.05) is 0 Å². The second kappa shape index (κ2) is 3.30. The van der Waals surface area contributed by atoms with Crippen LogP contribution in [0.3, 0.4) is 0 Å². The molecule has 1 unspecified atom stereocenters. The number of imidazole rings is 1. The maximum atomic E-state index is 11.7. The fourth-order valence-corrected chi connectivity index (χ4v) is 1.61. The van der Waals surface area contributed by atoms with Gasteiger partial charge in [-0.25, -0.2) is 4.98 Å². The van der Waals surface area contributed by atoms with Gasteiger partial charge in [0.2, 0.25) is 5.78 Å². The Morgan fingerprint density at radius 3 is 3.08 bits per heavy atom. The minimum atomic E-state index is 0.116. The number of ketones is 1. The van der Waals surface area contributed by atoms with E-state index in [1.165, 1.54) is 0 Å². The summed E-state index contributed by atoms with van der Waals surface area (Å²) in [6.45, 7) is 3.63. The van der Waals surface area contributed by atoms with Crippen LogP contribution in [-0.2, 0) is 0 Å². The van der Waals surface area contributed by atoms with E-state index in [1.807, 2.05) is 6.92 Å². The van der Waals surface area contributed by atoms with Gasteiger partial charge in [-0.05, 0) is 19.9 Å². The molecule has 1 fully saturated rings. The zero-order chi connectivity index (χ0) is 9.26. The Labute approximate surface area is 76.8 Å². The number of carbonyl (C=O) groups excluding carboxylic acids is 1. The molecule has 1 aliphatic rings. The number of nitrogens with zero attached hydrogens (tertiary/aromatic N) is 1. The number of aryl methyl sites for hydroxylation is 1. The largest absolute Gasteiger partial charge is 0.340 e. The Bertz CT molecular complexity index is 312. The van der Waals surface area contributed by atoms with Gasteiger partial charge in [-0.2, -0.15) is 0 Å². The average Bonchev–Trinajstić information content (AvgIpc) is 2.72. The van der Waals surface area contributed by atoms with Crippen LogP contribution in [0.25, 0.3) is 0 Å². The molecule has 0 radical (unpaired) electrons. The van der Waals surface area contributed by atoms with Crippen LogP contribution in [0.2, 0.25) is 0 Å². The predicted molar refractivity (Wildman–Crippen MR) is 48.6 cm³/mol. The molecule has 1 aromatic rings. The van der Waals surface area contributed by atoms with Crippen LogP contribution >= 0.6 is 0 Å². The Kier molecular flexibility index (Phi) is 2.14. The smallest absolute Gasteiger partial charge is 0.202 e. The molecule has 1 aliphatic heterocycles. The van der Waals surface area contributed by atoms with Crippen molar-refractivity contribution in [1.82, 2.24) is 15.3 Å². The van der Waals surface area contributed by atoms with Crippen molar-refractivity contribution in [2.75, 3.05) is 13.1 Å². The van der Waals surface area contributed by atoms with E-state index < -0.39 is 0 Å². The number of rotatable bonds is 2. The minimum Gasteiger partial charge on any atom is -0.340 e. The van der Waals surface area contributed by atoms with Crippen LogP contribution in [0.1, 0.15) is 22.7 Å². The number of hydrogen-bond acceptors (Lipinski definition) is 3. The first-order chi connectivity index (χ1) is 6.27. The Hall–Kier alpha value is -1.16. The number of H-pyrrole nitrogens is 1. The van der Waals surface area contributed by atoms with E-state index in [0.717, 1.165) is 25.2 Å². The molecule has 13 heavy (non-hydrogen) atoms. The van der Waals surface area contributed by atoms with E-state index in [4.69, 9.17) is 0 Å². The molecule has 1 atom stereocenters. The highest BCUT2D eigenvalue weighted by Gasteiger charge is 2.25. The molecule has 0 aromatic carbocycles. The number of aromatic amines is 1. The van der Waals surface area contributed by atoms with Gasteiger partial charge < -0.3 is 10.3 Å². The first-order valence-electron chi connectivity index (χ1n) is 4.54. The Balaban J connectivity index is 2.12. The normalized spacial score (nSPS) is 22.1. The second-order valence-corrected chi connectivity index (χ2v) is 3.47. The summed E-state index contributed by atoms with van der Waals surface area (Å²) < 4.78 is 0.